The SMILES string of the molecule is COc1ccc(Cl)cc1C(=O)NC(=S)Nc1cccc(NC(=O)c2cc3ccccc3o2)c1. The maximum Gasteiger partial charge on any atom is 0.291 e. The molecule has 9 heteroatoms. The van der Waals surface area contributed by atoms with Gasteiger partial charge in [0.05, 0.1) is 12.7 Å². The molecule has 0 aliphatic heterocycles. The highest BCUT2D eigenvalue weighted by Gasteiger charge is 2.15. The molecule has 33 heavy (non-hydrogen) atoms. The summed E-state index contributed by atoms with van der Waals surface area (Å²) in [6.07, 6.45) is 0. The Labute approximate surface area is 199 Å². The van der Waals surface area contributed by atoms with E-state index in [2.05, 4.69) is 16.0 Å². The van der Waals surface area contributed by atoms with Crippen LogP contribution in [0.5, 0.6) is 5.75 Å². The minimum Gasteiger partial charge on any atom is -0.496 e. The van der Waals surface area contributed by atoms with Crippen LogP contribution < -0.4 is 20.7 Å². The van der Waals surface area contributed by atoms with Crippen molar-refractivity contribution in [3.8, 4) is 5.75 Å². The molecule has 0 bridgehead atoms. The van der Waals surface area contributed by atoms with Gasteiger partial charge in [-0.3, -0.25) is 14.9 Å². The first-order chi connectivity index (χ1) is 15.9. The van der Waals surface area contributed by atoms with E-state index in [1.807, 2.05) is 18.2 Å². The van der Waals surface area contributed by atoms with E-state index in [4.69, 9.17) is 33.0 Å². The number of hydrogen-bond acceptors (Lipinski definition) is 5. The van der Waals surface area contributed by atoms with Gasteiger partial charge < -0.3 is 19.8 Å². The number of halogens is 1. The minimum atomic E-state index is -0.471. The van der Waals surface area contributed by atoms with Crippen LogP contribution in [0.15, 0.2) is 77.2 Å². The van der Waals surface area contributed by atoms with Crippen molar-refractivity contribution in [2.45, 2.75) is 0 Å². The molecule has 4 aromatic rings. The molecule has 1 heterocycles. The van der Waals surface area contributed by atoms with Crippen molar-refractivity contribution >= 4 is 63.1 Å². The van der Waals surface area contributed by atoms with Gasteiger partial charge in [0, 0.05) is 21.8 Å². The summed E-state index contributed by atoms with van der Waals surface area (Å²) < 4.78 is 10.8. The van der Waals surface area contributed by atoms with Gasteiger partial charge >= 0.3 is 0 Å². The van der Waals surface area contributed by atoms with Crippen molar-refractivity contribution in [3.63, 3.8) is 0 Å². The second-order valence-electron chi connectivity index (χ2n) is 6.94. The smallest absolute Gasteiger partial charge is 0.291 e. The third-order valence-corrected chi connectivity index (χ3v) is 5.10. The fourth-order valence-electron chi connectivity index (χ4n) is 3.15. The summed E-state index contributed by atoms with van der Waals surface area (Å²) in [7, 11) is 1.46. The molecule has 2 amide bonds. The van der Waals surface area contributed by atoms with E-state index in [1.165, 1.54) is 13.2 Å². The van der Waals surface area contributed by atoms with Crippen molar-refractivity contribution in [1.82, 2.24) is 5.32 Å². The summed E-state index contributed by atoms with van der Waals surface area (Å²) in [6.45, 7) is 0. The van der Waals surface area contributed by atoms with E-state index in [1.54, 1.807) is 48.5 Å². The molecular weight excluding hydrogens is 462 g/mol. The number of carbonyl (C=O) groups excluding carboxylic acids is 2. The predicted octanol–water partition coefficient (Wildman–Crippen LogP) is 5.47. The minimum absolute atomic E-state index is 0.0720. The fourth-order valence-corrected chi connectivity index (χ4v) is 3.53. The number of fused-ring (bicyclic) bond motifs is 1. The van der Waals surface area contributed by atoms with Crippen LogP contribution in [-0.2, 0) is 0 Å². The Morgan fingerprint density at radius 1 is 0.909 bits per heavy atom. The number of anilines is 2. The number of thiocarbonyl (C=S) groups is 1. The lowest BCUT2D eigenvalue weighted by Gasteiger charge is -2.13. The number of methoxy groups -OCH3 is 1. The molecule has 0 saturated carbocycles. The Morgan fingerprint density at radius 2 is 1.67 bits per heavy atom. The monoisotopic (exact) mass is 479 g/mol. The Balaban J connectivity index is 1.41. The molecule has 0 spiro atoms. The van der Waals surface area contributed by atoms with Crippen LogP contribution in [0.1, 0.15) is 20.9 Å². The summed E-state index contributed by atoms with van der Waals surface area (Å²) in [5.74, 6) is -0.281. The van der Waals surface area contributed by atoms with Gasteiger partial charge in [-0.05, 0) is 60.7 Å². The van der Waals surface area contributed by atoms with Crippen molar-refractivity contribution in [2.75, 3.05) is 17.7 Å². The Kier molecular flexibility index (Phi) is 6.58. The number of benzene rings is 3. The first kappa shape index (κ1) is 22.3. The largest absolute Gasteiger partial charge is 0.496 e. The molecule has 4 rings (SSSR count). The van der Waals surface area contributed by atoms with Gasteiger partial charge in [0.2, 0.25) is 0 Å². The molecular formula is C24H18ClN3O4S. The van der Waals surface area contributed by atoms with Gasteiger partial charge in [0.25, 0.3) is 11.8 Å². The third-order valence-electron chi connectivity index (χ3n) is 4.66. The summed E-state index contributed by atoms with van der Waals surface area (Å²) in [5.41, 5.74) is 1.98. The lowest BCUT2D eigenvalue weighted by Crippen LogP contribution is -2.34. The lowest BCUT2D eigenvalue weighted by atomic mass is 10.2. The van der Waals surface area contributed by atoms with Crippen LogP contribution in [0, 0.1) is 0 Å². The van der Waals surface area contributed by atoms with Gasteiger partial charge in [-0.25, -0.2) is 0 Å². The van der Waals surface area contributed by atoms with Crippen molar-refractivity contribution in [2.24, 2.45) is 0 Å². The molecule has 166 valence electrons. The highest BCUT2D eigenvalue weighted by Crippen LogP contribution is 2.23. The predicted molar refractivity (Wildman–Crippen MR) is 132 cm³/mol. The molecule has 0 fully saturated rings. The first-order valence-electron chi connectivity index (χ1n) is 9.79. The molecule has 3 aromatic carbocycles. The van der Waals surface area contributed by atoms with E-state index < -0.39 is 5.91 Å². The van der Waals surface area contributed by atoms with E-state index in [9.17, 15) is 9.59 Å². The second-order valence-corrected chi connectivity index (χ2v) is 7.78. The molecule has 0 aliphatic rings. The van der Waals surface area contributed by atoms with Crippen molar-refractivity contribution in [3.05, 3.63) is 89.1 Å². The van der Waals surface area contributed by atoms with Gasteiger partial charge in [-0.1, -0.05) is 35.9 Å². The Hall–Kier alpha value is -3.88. The van der Waals surface area contributed by atoms with E-state index in [0.717, 1.165) is 5.39 Å². The average molecular weight is 480 g/mol. The maximum atomic E-state index is 12.6. The van der Waals surface area contributed by atoms with Crippen LogP contribution in [0.3, 0.4) is 0 Å². The summed E-state index contributed by atoms with van der Waals surface area (Å²) in [5, 5.41) is 9.61. The molecule has 0 aliphatic carbocycles. The number of rotatable bonds is 5. The van der Waals surface area contributed by atoms with Crippen LogP contribution in [0.25, 0.3) is 11.0 Å². The molecule has 1 aromatic heterocycles. The molecule has 0 radical (unpaired) electrons. The number of ether oxygens (including phenoxy) is 1. The normalized spacial score (nSPS) is 10.5. The third kappa shape index (κ3) is 5.31. The van der Waals surface area contributed by atoms with Crippen LogP contribution in [-0.4, -0.2) is 24.0 Å². The number of hydrogen-bond donors (Lipinski definition) is 3. The van der Waals surface area contributed by atoms with Crippen LogP contribution >= 0.6 is 23.8 Å². The lowest BCUT2D eigenvalue weighted by molar-refractivity contribution is 0.0972. The van der Waals surface area contributed by atoms with Gasteiger partial charge in [-0.2, -0.15) is 0 Å². The molecule has 7 nitrogen and oxygen atoms in total. The topological polar surface area (TPSA) is 92.6 Å². The maximum absolute atomic E-state index is 12.6. The zero-order valence-corrected chi connectivity index (χ0v) is 18.9. The van der Waals surface area contributed by atoms with Crippen LogP contribution in [0.4, 0.5) is 11.4 Å². The first-order valence-corrected chi connectivity index (χ1v) is 10.6. The van der Waals surface area contributed by atoms with Crippen LogP contribution in [0.2, 0.25) is 5.02 Å². The van der Waals surface area contributed by atoms with Gasteiger partial charge in [-0.15, -0.1) is 0 Å². The Morgan fingerprint density at radius 3 is 2.42 bits per heavy atom. The zero-order valence-electron chi connectivity index (χ0n) is 17.3. The molecule has 0 unspecified atom stereocenters. The van der Waals surface area contributed by atoms with Crippen molar-refractivity contribution < 1.29 is 18.7 Å². The van der Waals surface area contributed by atoms with E-state index in [0.29, 0.717) is 27.7 Å². The quantitative estimate of drug-likeness (QED) is 0.328. The van der Waals surface area contributed by atoms with Gasteiger partial charge in [0.15, 0.2) is 10.9 Å². The highest BCUT2D eigenvalue weighted by molar-refractivity contribution is 7.80. The number of nitrogens with one attached hydrogen (secondary N) is 3. The molecule has 0 saturated heterocycles. The summed E-state index contributed by atoms with van der Waals surface area (Å²) >= 11 is 11.2. The average Bonchev–Trinajstić information content (AvgIpc) is 3.24. The van der Waals surface area contributed by atoms with E-state index >= 15 is 0 Å². The second kappa shape index (κ2) is 9.72. The molecule has 0 atom stereocenters. The molecule has 3 N–H and O–H groups in total. The van der Waals surface area contributed by atoms with Gasteiger partial charge in [0.1, 0.15) is 11.3 Å². The Bertz CT molecular complexity index is 1340. The van der Waals surface area contributed by atoms with E-state index in [-0.39, 0.29) is 22.3 Å². The number of para-hydroxylation sites is 1. The number of carbonyl (C=O) groups is 2. The standard InChI is InChI=1S/C24H18ClN3O4S/c1-31-20-10-9-15(25)12-18(20)22(29)28-24(33)27-17-7-4-6-16(13-17)26-23(30)21-11-14-5-2-3-8-19(14)32-21/h2-13H,1H3,(H,26,30)(H2,27,28,29,33). The number of furan rings is 1. The summed E-state index contributed by atoms with van der Waals surface area (Å²) in [6, 6.07) is 20.7. The highest BCUT2D eigenvalue weighted by atomic mass is 35.5. The zero-order chi connectivity index (χ0) is 23.4. The van der Waals surface area contributed by atoms with Crippen molar-refractivity contribution in [1.29, 1.82) is 0 Å². The summed E-state index contributed by atoms with van der Waals surface area (Å²) in [4.78, 5) is 25.2. The number of amides is 2. The fraction of sp³-hybridized carbons (Fsp3) is 0.0417.